The lowest BCUT2D eigenvalue weighted by atomic mass is 9.92. The number of rotatable bonds is 5. The summed E-state index contributed by atoms with van der Waals surface area (Å²) in [5.74, 6) is -0.106. The van der Waals surface area contributed by atoms with Gasteiger partial charge < -0.3 is 24.6 Å². The first kappa shape index (κ1) is 28.4. The van der Waals surface area contributed by atoms with E-state index >= 15 is 0 Å². The molecule has 0 bridgehead atoms. The summed E-state index contributed by atoms with van der Waals surface area (Å²) in [6.07, 6.45) is 3.69. The number of amides is 2. The summed E-state index contributed by atoms with van der Waals surface area (Å²) in [6, 6.07) is 8.17. The van der Waals surface area contributed by atoms with Crippen molar-refractivity contribution in [1.82, 2.24) is 15.2 Å². The molecule has 0 spiro atoms. The molecule has 2 fully saturated rings. The molecule has 2 aromatic rings. The Balaban J connectivity index is 1.25. The van der Waals surface area contributed by atoms with Crippen LogP contribution >= 0.6 is 11.6 Å². The number of piperazine rings is 1. The topological polar surface area (TPSA) is 108 Å². The lowest BCUT2D eigenvalue weighted by Gasteiger charge is -2.36. The fourth-order valence-electron chi connectivity index (χ4n) is 4.65. The highest BCUT2D eigenvalue weighted by molar-refractivity contribution is 6.31. The summed E-state index contributed by atoms with van der Waals surface area (Å²) >= 11 is 6.08. The van der Waals surface area contributed by atoms with Crippen molar-refractivity contribution in [3.05, 3.63) is 52.4 Å². The Kier molecular flexibility index (Phi) is 8.80. The van der Waals surface area contributed by atoms with Gasteiger partial charge in [-0.05, 0) is 58.6 Å². The van der Waals surface area contributed by atoms with Crippen molar-refractivity contribution < 1.29 is 23.5 Å². The third-order valence-electron chi connectivity index (χ3n) is 6.71. The van der Waals surface area contributed by atoms with Crippen LogP contribution in [0.4, 0.5) is 15.0 Å². The molecule has 1 aromatic heterocycles. The quantitative estimate of drug-likeness (QED) is 0.555. The van der Waals surface area contributed by atoms with Gasteiger partial charge in [0.2, 0.25) is 0 Å². The number of ether oxygens (including phenoxy) is 2. The van der Waals surface area contributed by atoms with Gasteiger partial charge in [-0.25, -0.2) is 14.2 Å². The number of pyridine rings is 1. The first-order valence-electron chi connectivity index (χ1n) is 13.1. The standard InChI is InChI=1S/C28H33ClFN5O4/c1-28(2,3)39-27(37)35-12-10-34(11-13-35)25-15-24(30)22(17-32-25)26(36)33-19-5-8-20(9-6-19)38-21-7-4-18(16-31)23(29)14-21/h4,7,14-15,17,19-20H,5-6,8-13H2,1-3H3,(H,33,36). The Morgan fingerprint density at radius 2 is 1.82 bits per heavy atom. The summed E-state index contributed by atoms with van der Waals surface area (Å²) in [6.45, 7) is 7.30. The van der Waals surface area contributed by atoms with E-state index in [0.29, 0.717) is 61.2 Å². The summed E-state index contributed by atoms with van der Waals surface area (Å²) in [4.78, 5) is 32.9. The van der Waals surface area contributed by atoms with E-state index in [4.69, 9.17) is 26.3 Å². The maximum absolute atomic E-state index is 14.9. The lowest BCUT2D eigenvalue weighted by Crippen LogP contribution is -2.50. The van der Waals surface area contributed by atoms with Gasteiger partial charge >= 0.3 is 6.09 Å². The molecule has 1 aliphatic carbocycles. The molecule has 0 radical (unpaired) electrons. The van der Waals surface area contributed by atoms with Crippen LogP contribution < -0.4 is 15.0 Å². The molecular formula is C28H33ClFN5O4. The Hall–Kier alpha value is -3.58. The van der Waals surface area contributed by atoms with E-state index in [0.717, 1.165) is 12.8 Å². The number of hydrogen-bond acceptors (Lipinski definition) is 7. The van der Waals surface area contributed by atoms with Crippen LogP contribution in [-0.4, -0.2) is 65.8 Å². The summed E-state index contributed by atoms with van der Waals surface area (Å²) in [7, 11) is 0. The van der Waals surface area contributed by atoms with E-state index in [1.54, 1.807) is 23.1 Å². The number of aromatic nitrogens is 1. The average molecular weight is 558 g/mol. The highest BCUT2D eigenvalue weighted by Crippen LogP contribution is 2.28. The molecule has 2 aliphatic rings. The second-order valence-corrected chi connectivity index (χ2v) is 11.2. The molecule has 1 N–H and O–H groups in total. The molecule has 0 atom stereocenters. The first-order valence-corrected chi connectivity index (χ1v) is 13.5. The predicted octanol–water partition coefficient (Wildman–Crippen LogP) is 4.92. The van der Waals surface area contributed by atoms with Crippen LogP contribution in [-0.2, 0) is 4.74 Å². The maximum atomic E-state index is 14.9. The fourth-order valence-corrected chi connectivity index (χ4v) is 4.86. The Bertz CT molecular complexity index is 1250. The predicted molar refractivity (Wildman–Crippen MR) is 145 cm³/mol. The fraction of sp³-hybridized carbons (Fsp3) is 0.500. The number of carbonyl (C=O) groups is 2. The Labute approximate surface area is 232 Å². The van der Waals surface area contributed by atoms with Gasteiger partial charge in [0, 0.05) is 50.6 Å². The largest absolute Gasteiger partial charge is 0.490 e. The third-order valence-corrected chi connectivity index (χ3v) is 7.02. The van der Waals surface area contributed by atoms with Crippen LogP contribution in [0.5, 0.6) is 5.75 Å². The molecule has 9 nitrogen and oxygen atoms in total. The number of nitrogens with zero attached hydrogens (tertiary/aromatic N) is 4. The van der Waals surface area contributed by atoms with E-state index in [9.17, 15) is 14.0 Å². The summed E-state index contributed by atoms with van der Waals surface area (Å²) in [5.41, 5.74) is -0.272. The average Bonchev–Trinajstić information content (AvgIpc) is 2.89. The van der Waals surface area contributed by atoms with Crippen molar-refractivity contribution in [2.24, 2.45) is 0 Å². The normalized spacial score (nSPS) is 19.7. The molecule has 11 heteroatoms. The number of benzene rings is 1. The SMILES string of the molecule is CC(C)(C)OC(=O)N1CCN(c2cc(F)c(C(=O)NC3CCC(Oc4ccc(C#N)c(Cl)c4)CC3)cn2)CC1. The van der Waals surface area contributed by atoms with Crippen molar-refractivity contribution in [1.29, 1.82) is 5.26 Å². The van der Waals surface area contributed by atoms with Crippen LogP contribution in [0.3, 0.4) is 0 Å². The minimum atomic E-state index is -0.637. The molecular weight excluding hydrogens is 525 g/mol. The molecule has 2 heterocycles. The van der Waals surface area contributed by atoms with Gasteiger partial charge in [0.25, 0.3) is 5.91 Å². The van der Waals surface area contributed by atoms with Gasteiger partial charge in [-0.2, -0.15) is 5.26 Å². The van der Waals surface area contributed by atoms with E-state index < -0.39 is 17.3 Å². The van der Waals surface area contributed by atoms with Crippen molar-refractivity contribution in [3.8, 4) is 11.8 Å². The smallest absolute Gasteiger partial charge is 0.410 e. The number of carbonyl (C=O) groups excluding carboxylic acids is 2. The maximum Gasteiger partial charge on any atom is 0.410 e. The first-order chi connectivity index (χ1) is 18.5. The van der Waals surface area contributed by atoms with Gasteiger partial charge in [0.1, 0.15) is 29.1 Å². The summed E-state index contributed by atoms with van der Waals surface area (Å²) < 4.78 is 26.3. The number of anilines is 1. The molecule has 1 saturated carbocycles. The van der Waals surface area contributed by atoms with Crippen molar-refractivity contribution >= 4 is 29.4 Å². The highest BCUT2D eigenvalue weighted by atomic mass is 35.5. The number of nitrogens with one attached hydrogen (secondary N) is 1. The number of halogens is 2. The Morgan fingerprint density at radius 3 is 2.41 bits per heavy atom. The second kappa shape index (κ2) is 12.1. The van der Waals surface area contributed by atoms with Gasteiger partial charge in [0.05, 0.1) is 22.3 Å². The van der Waals surface area contributed by atoms with E-state index in [1.807, 2.05) is 31.7 Å². The van der Waals surface area contributed by atoms with Crippen LogP contribution in [0, 0.1) is 17.1 Å². The van der Waals surface area contributed by atoms with Crippen molar-refractivity contribution in [3.63, 3.8) is 0 Å². The zero-order valence-corrected chi connectivity index (χ0v) is 23.1. The van der Waals surface area contributed by atoms with Crippen LogP contribution in [0.2, 0.25) is 5.02 Å². The molecule has 0 unspecified atom stereocenters. The third kappa shape index (κ3) is 7.51. The molecule has 1 aliphatic heterocycles. The van der Waals surface area contributed by atoms with Gasteiger partial charge in [0.15, 0.2) is 0 Å². The number of hydrogen-bond donors (Lipinski definition) is 1. The van der Waals surface area contributed by atoms with Crippen LogP contribution in [0.25, 0.3) is 0 Å². The van der Waals surface area contributed by atoms with Gasteiger partial charge in [-0.15, -0.1) is 0 Å². The lowest BCUT2D eigenvalue weighted by molar-refractivity contribution is 0.0240. The van der Waals surface area contributed by atoms with Crippen LogP contribution in [0.1, 0.15) is 62.4 Å². The molecule has 39 heavy (non-hydrogen) atoms. The second-order valence-electron chi connectivity index (χ2n) is 10.8. The Morgan fingerprint density at radius 1 is 1.13 bits per heavy atom. The van der Waals surface area contributed by atoms with Crippen molar-refractivity contribution in [2.45, 2.75) is 64.2 Å². The molecule has 4 rings (SSSR count). The molecule has 1 saturated heterocycles. The zero-order valence-electron chi connectivity index (χ0n) is 22.4. The summed E-state index contributed by atoms with van der Waals surface area (Å²) in [5, 5.41) is 12.3. The molecule has 2 amide bonds. The van der Waals surface area contributed by atoms with E-state index in [-0.39, 0.29) is 23.8 Å². The van der Waals surface area contributed by atoms with Gasteiger partial charge in [-0.3, -0.25) is 4.79 Å². The molecule has 1 aromatic carbocycles. The monoisotopic (exact) mass is 557 g/mol. The highest BCUT2D eigenvalue weighted by Gasteiger charge is 2.28. The van der Waals surface area contributed by atoms with Crippen molar-refractivity contribution in [2.75, 3.05) is 31.1 Å². The minimum Gasteiger partial charge on any atom is -0.490 e. The van der Waals surface area contributed by atoms with E-state index in [2.05, 4.69) is 10.3 Å². The van der Waals surface area contributed by atoms with E-state index in [1.165, 1.54) is 12.3 Å². The number of nitriles is 1. The zero-order chi connectivity index (χ0) is 28.2. The molecule has 208 valence electrons. The van der Waals surface area contributed by atoms with Gasteiger partial charge in [-0.1, -0.05) is 11.6 Å². The van der Waals surface area contributed by atoms with Crippen LogP contribution in [0.15, 0.2) is 30.5 Å². The minimum absolute atomic E-state index is 0.0318.